The first-order valence-electron chi connectivity index (χ1n) is 8.96. The van der Waals surface area contributed by atoms with E-state index in [-0.39, 0.29) is 24.5 Å². The molecule has 1 fully saturated rings. The van der Waals surface area contributed by atoms with E-state index in [1.807, 2.05) is 39.0 Å². The van der Waals surface area contributed by atoms with Crippen molar-refractivity contribution < 1.29 is 19.1 Å². The molecule has 2 rings (SSSR count). The van der Waals surface area contributed by atoms with Crippen LogP contribution < -0.4 is 14.8 Å². The van der Waals surface area contributed by atoms with Crippen LogP contribution in [0.4, 0.5) is 0 Å². The van der Waals surface area contributed by atoms with Crippen LogP contribution in [-0.4, -0.2) is 74.1 Å². The van der Waals surface area contributed by atoms with E-state index in [1.54, 1.807) is 12.0 Å². The molecule has 0 atom stereocenters. The second-order valence-corrected chi connectivity index (χ2v) is 6.82. The Morgan fingerprint density at radius 2 is 1.85 bits per heavy atom. The molecule has 0 bridgehead atoms. The fourth-order valence-corrected chi connectivity index (χ4v) is 2.85. The largest absolute Gasteiger partial charge is 0.493 e. The van der Waals surface area contributed by atoms with Crippen molar-refractivity contribution in [3.8, 4) is 11.5 Å². The van der Waals surface area contributed by atoms with Gasteiger partial charge >= 0.3 is 0 Å². The summed E-state index contributed by atoms with van der Waals surface area (Å²) >= 11 is 0. The molecule has 0 unspecified atom stereocenters. The zero-order chi connectivity index (χ0) is 19.1. The van der Waals surface area contributed by atoms with Gasteiger partial charge in [-0.05, 0) is 38.5 Å². The van der Waals surface area contributed by atoms with Crippen LogP contribution in [0.15, 0.2) is 18.2 Å². The normalized spacial score (nSPS) is 15.0. The Kier molecular flexibility index (Phi) is 7.26. The van der Waals surface area contributed by atoms with E-state index in [9.17, 15) is 9.59 Å². The van der Waals surface area contributed by atoms with E-state index in [0.717, 1.165) is 5.56 Å². The Balaban J connectivity index is 1.77. The van der Waals surface area contributed by atoms with Crippen LogP contribution in [0.25, 0.3) is 0 Å². The Bertz CT molecular complexity index is 625. The topological polar surface area (TPSA) is 71.1 Å². The van der Waals surface area contributed by atoms with Crippen LogP contribution in [-0.2, 0) is 9.59 Å². The van der Waals surface area contributed by atoms with E-state index in [1.165, 1.54) is 0 Å². The van der Waals surface area contributed by atoms with E-state index in [2.05, 4.69) is 10.2 Å². The van der Waals surface area contributed by atoms with Gasteiger partial charge in [0.25, 0.3) is 5.91 Å². The molecular weight excluding hydrogens is 334 g/mol. The standard InChI is InChI=1S/C19H29N3O4/c1-14(2)20-18(23)12-21-7-9-22(10-8-21)19(24)13-26-16-6-5-15(3)11-17(16)25-4/h5-6,11,14H,7-10,12-13H2,1-4H3,(H,20,23). The fraction of sp³-hybridized carbons (Fsp3) is 0.579. The molecule has 2 amide bonds. The third kappa shape index (κ3) is 5.91. The quantitative estimate of drug-likeness (QED) is 0.784. The number of amides is 2. The number of ether oxygens (including phenoxy) is 2. The van der Waals surface area contributed by atoms with Crippen molar-refractivity contribution in [2.45, 2.75) is 26.8 Å². The van der Waals surface area contributed by atoms with Gasteiger partial charge in [-0.1, -0.05) is 6.07 Å². The highest BCUT2D eigenvalue weighted by atomic mass is 16.5. The SMILES string of the molecule is COc1cc(C)ccc1OCC(=O)N1CCN(CC(=O)NC(C)C)CC1. The molecule has 1 aromatic carbocycles. The summed E-state index contributed by atoms with van der Waals surface area (Å²) in [4.78, 5) is 28.0. The van der Waals surface area contributed by atoms with Crippen molar-refractivity contribution in [2.75, 3.05) is 46.4 Å². The van der Waals surface area contributed by atoms with Crippen LogP contribution in [0, 0.1) is 6.92 Å². The Labute approximate surface area is 155 Å². The first-order valence-corrected chi connectivity index (χ1v) is 8.96. The monoisotopic (exact) mass is 363 g/mol. The van der Waals surface area contributed by atoms with Gasteiger partial charge in [0.1, 0.15) is 0 Å². The number of carbonyl (C=O) groups is 2. The van der Waals surface area contributed by atoms with Gasteiger partial charge in [-0.2, -0.15) is 0 Å². The maximum absolute atomic E-state index is 12.4. The first kappa shape index (κ1) is 20.0. The van der Waals surface area contributed by atoms with Crippen molar-refractivity contribution in [1.29, 1.82) is 0 Å². The highest BCUT2D eigenvalue weighted by molar-refractivity contribution is 5.79. The molecule has 1 aliphatic heterocycles. The predicted molar refractivity (Wildman–Crippen MR) is 99.5 cm³/mol. The molecule has 0 spiro atoms. The third-order valence-electron chi connectivity index (χ3n) is 4.21. The molecule has 1 aromatic rings. The van der Waals surface area contributed by atoms with E-state index >= 15 is 0 Å². The van der Waals surface area contributed by atoms with Crippen molar-refractivity contribution in [1.82, 2.24) is 15.1 Å². The summed E-state index contributed by atoms with van der Waals surface area (Å²) in [6, 6.07) is 5.75. The molecule has 26 heavy (non-hydrogen) atoms. The molecular formula is C19H29N3O4. The van der Waals surface area contributed by atoms with Crippen LogP contribution in [0.3, 0.4) is 0 Å². The number of nitrogens with one attached hydrogen (secondary N) is 1. The van der Waals surface area contributed by atoms with E-state index < -0.39 is 0 Å². The van der Waals surface area contributed by atoms with Gasteiger partial charge in [0, 0.05) is 32.2 Å². The molecule has 1 heterocycles. The summed E-state index contributed by atoms with van der Waals surface area (Å²) < 4.78 is 10.9. The molecule has 7 nitrogen and oxygen atoms in total. The number of rotatable bonds is 7. The number of nitrogens with zero attached hydrogens (tertiary/aromatic N) is 2. The molecule has 1 aliphatic rings. The Morgan fingerprint density at radius 1 is 1.15 bits per heavy atom. The number of hydrogen-bond donors (Lipinski definition) is 1. The molecule has 0 aliphatic carbocycles. The van der Waals surface area contributed by atoms with Crippen LogP contribution in [0.1, 0.15) is 19.4 Å². The average molecular weight is 363 g/mol. The second-order valence-electron chi connectivity index (χ2n) is 6.82. The summed E-state index contributed by atoms with van der Waals surface area (Å²) in [5.74, 6) is 1.16. The number of piperazine rings is 1. The molecule has 7 heteroatoms. The molecule has 0 aromatic heterocycles. The molecule has 1 N–H and O–H groups in total. The minimum Gasteiger partial charge on any atom is -0.493 e. The Hall–Kier alpha value is -2.28. The van der Waals surface area contributed by atoms with Crippen molar-refractivity contribution in [3.63, 3.8) is 0 Å². The van der Waals surface area contributed by atoms with Crippen LogP contribution in [0.5, 0.6) is 11.5 Å². The fourth-order valence-electron chi connectivity index (χ4n) is 2.85. The molecule has 1 saturated heterocycles. The van der Waals surface area contributed by atoms with Crippen molar-refractivity contribution in [2.24, 2.45) is 0 Å². The van der Waals surface area contributed by atoms with Gasteiger partial charge in [0.15, 0.2) is 18.1 Å². The smallest absolute Gasteiger partial charge is 0.260 e. The lowest BCUT2D eigenvalue weighted by molar-refractivity contribution is -0.135. The first-order chi connectivity index (χ1) is 12.4. The summed E-state index contributed by atoms with van der Waals surface area (Å²) in [6.45, 7) is 8.78. The van der Waals surface area contributed by atoms with Gasteiger partial charge in [-0.15, -0.1) is 0 Å². The van der Waals surface area contributed by atoms with Crippen molar-refractivity contribution in [3.05, 3.63) is 23.8 Å². The van der Waals surface area contributed by atoms with Crippen LogP contribution >= 0.6 is 0 Å². The Morgan fingerprint density at radius 3 is 2.46 bits per heavy atom. The summed E-state index contributed by atoms with van der Waals surface area (Å²) in [5.41, 5.74) is 1.07. The minimum absolute atomic E-state index is 0.0206. The molecule has 0 saturated carbocycles. The number of hydrogen-bond acceptors (Lipinski definition) is 5. The van der Waals surface area contributed by atoms with Gasteiger partial charge in [-0.25, -0.2) is 0 Å². The third-order valence-corrected chi connectivity index (χ3v) is 4.21. The zero-order valence-corrected chi connectivity index (χ0v) is 16.1. The van der Waals surface area contributed by atoms with Crippen molar-refractivity contribution >= 4 is 11.8 Å². The average Bonchev–Trinajstić information content (AvgIpc) is 2.60. The number of carbonyl (C=O) groups excluding carboxylic acids is 2. The molecule has 144 valence electrons. The van der Waals surface area contributed by atoms with Gasteiger partial charge in [-0.3, -0.25) is 14.5 Å². The highest BCUT2D eigenvalue weighted by Gasteiger charge is 2.23. The molecule has 0 radical (unpaired) electrons. The number of aryl methyl sites for hydroxylation is 1. The van der Waals surface area contributed by atoms with Gasteiger partial charge < -0.3 is 19.7 Å². The second kappa shape index (κ2) is 9.43. The zero-order valence-electron chi connectivity index (χ0n) is 16.1. The lowest BCUT2D eigenvalue weighted by atomic mass is 10.2. The lowest BCUT2D eigenvalue weighted by Gasteiger charge is -2.34. The number of benzene rings is 1. The van der Waals surface area contributed by atoms with Gasteiger partial charge in [0.2, 0.25) is 5.91 Å². The summed E-state index contributed by atoms with van der Waals surface area (Å²) in [7, 11) is 1.58. The summed E-state index contributed by atoms with van der Waals surface area (Å²) in [5, 5.41) is 2.88. The maximum Gasteiger partial charge on any atom is 0.260 e. The van der Waals surface area contributed by atoms with E-state index in [4.69, 9.17) is 9.47 Å². The van der Waals surface area contributed by atoms with Crippen LogP contribution in [0.2, 0.25) is 0 Å². The van der Waals surface area contributed by atoms with E-state index in [0.29, 0.717) is 44.2 Å². The lowest BCUT2D eigenvalue weighted by Crippen LogP contribution is -2.52. The summed E-state index contributed by atoms with van der Waals surface area (Å²) in [6.07, 6.45) is 0. The van der Waals surface area contributed by atoms with Gasteiger partial charge in [0.05, 0.1) is 13.7 Å². The highest BCUT2D eigenvalue weighted by Crippen LogP contribution is 2.27. The predicted octanol–water partition coefficient (Wildman–Crippen LogP) is 1.05. The number of methoxy groups -OCH3 is 1. The maximum atomic E-state index is 12.4. The minimum atomic E-state index is -0.0566.